The smallest absolute Gasteiger partial charge is 0.122 e. The van der Waals surface area contributed by atoms with Gasteiger partial charge in [0.15, 0.2) is 0 Å². The number of phenolic OH excluding ortho intramolecular Hbond substituents is 2. The lowest BCUT2D eigenvalue weighted by Gasteiger charge is -2.22. The molecule has 23 heavy (non-hydrogen) atoms. The molecule has 0 amide bonds. The van der Waals surface area contributed by atoms with E-state index in [1.165, 1.54) is 6.42 Å². The first-order valence-electron chi connectivity index (χ1n) is 8.77. The molecular weight excluding hydrogens is 399 g/mol. The number of benzene rings is 1. The lowest BCUT2D eigenvalue weighted by atomic mass is 9.84. The molecule has 0 bridgehead atoms. The van der Waals surface area contributed by atoms with E-state index in [0.29, 0.717) is 11.0 Å². The molecule has 0 atom stereocenters. The highest BCUT2D eigenvalue weighted by atomic mass is 127. The average molecular weight is 432 g/mol. The van der Waals surface area contributed by atoms with Gasteiger partial charge in [0.25, 0.3) is 0 Å². The van der Waals surface area contributed by atoms with E-state index in [1.807, 2.05) is 12.1 Å². The maximum Gasteiger partial charge on any atom is 0.122 e. The van der Waals surface area contributed by atoms with E-state index in [2.05, 4.69) is 57.2 Å². The number of aryl methyl sites for hydroxylation is 1. The molecule has 2 N–H and O–H groups in total. The van der Waals surface area contributed by atoms with Crippen LogP contribution in [0.4, 0.5) is 0 Å². The number of alkyl halides is 1. The van der Waals surface area contributed by atoms with Crippen molar-refractivity contribution in [1.82, 2.24) is 0 Å². The van der Waals surface area contributed by atoms with Gasteiger partial charge in [0.2, 0.25) is 0 Å². The van der Waals surface area contributed by atoms with E-state index in [1.54, 1.807) is 0 Å². The Labute approximate surface area is 155 Å². The van der Waals surface area contributed by atoms with Crippen molar-refractivity contribution in [2.75, 3.05) is 0 Å². The number of hydrogen-bond acceptors (Lipinski definition) is 2. The van der Waals surface area contributed by atoms with Crippen molar-refractivity contribution in [2.45, 2.75) is 83.0 Å². The zero-order chi connectivity index (χ0) is 17.7. The van der Waals surface area contributed by atoms with Gasteiger partial charge in [-0.3, -0.25) is 0 Å². The van der Waals surface area contributed by atoms with Crippen molar-refractivity contribution in [3.05, 3.63) is 23.3 Å². The highest BCUT2D eigenvalue weighted by Crippen LogP contribution is 2.33. The van der Waals surface area contributed by atoms with E-state index in [9.17, 15) is 10.2 Å². The number of aromatic hydroxyl groups is 2. The molecule has 0 saturated heterocycles. The Morgan fingerprint density at radius 3 is 1.91 bits per heavy atom. The van der Waals surface area contributed by atoms with E-state index >= 15 is 0 Å². The number of hydrogen-bond donors (Lipinski definition) is 2. The van der Waals surface area contributed by atoms with Gasteiger partial charge in [0.1, 0.15) is 11.5 Å². The molecule has 0 unspecified atom stereocenters. The van der Waals surface area contributed by atoms with E-state index in [4.69, 9.17) is 0 Å². The predicted molar refractivity (Wildman–Crippen MR) is 108 cm³/mol. The zero-order valence-electron chi connectivity index (χ0n) is 15.4. The first-order valence-corrected chi connectivity index (χ1v) is 9.84. The first kappa shape index (κ1) is 20.6. The third kappa shape index (κ3) is 7.77. The van der Waals surface area contributed by atoms with Crippen molar-refractivity contribution < 1.29 is 10.2 Å². The van der Waals surface area contributed by atoms with Crippen molar-refractivity contribution in [3.8, 4) is 11.5 Å². The molecule has 0 aliphatic carbocycles. The van der Waals surface area contributed by atoms with Gasteiger partial charge in [0, 0.05) is 8.99 Å². The summed E-state index contributed by atoms with van der Waals surface area (Å²) in [5.41, 5.74) is 2.10. The van der Waals surface area contributed by atoms with Gasteiger partial charge in [-0.15, -0.1) is 0 Å². The molecule has 0 fully saturated rings. The molecular formula is C20H33IO2. The molecule has 0 heterocycles. The third-order valence-electron chi connectivity index (χ3n) is 4.74. The fourth-order valence-corrected chi connectivity index (χ4v) is 3.11. The lowest BCUT2D eigenvalue weighted by Crippen LogP contribution is -2.09. The van der Waals surface area contributed by atoms with Gasteiger partial charge in [0.05, 0.1) is 0 Å². The van der Waals surface area contributed by atoms with Crippen LogP contribution in [0.5, 0.6) is 11.5 Å². The first-order chi connectivity index (χ1) is 10.5. The van der Waals surface area contributed by atoms with Gasteiger partial charge in [-0.1, -0.05) is 63.6 Å². The van der Waals surface area contributed by atoms with Gasteiger partial charge in [-0.2, -0.15) is 0 Å². The lowest BCUT2D eigenvalue weighted by molar-refractivity contribution is 0.313. The molecule has 0 aliphatic heterocycles. The average Bonchev–Trinajstić information content (AvgIpc) is 2.40. The van der Waals surface area contributed by atoms with Crippen LogP contribution >= 0.6 is 22.6 Å². The minimum absolute atomic E-state index is 0.251. The standard InChI is InChI=1S/C20H33IO2/c1-6-19(2,3)11-7-9-15-13-17(22)16(18(23)14-15)10-8-12-20(4,5)21/h13-14,22-23H,6-12H2,1-5H3. The summed E-state index contributed by atoms with van der Waals surface area (Å²) in [6, 6.07) is 3.67. The molecule has 0 aromatic heterocycles. The summed E-state index contributed by atoms with van der Waals surface area (Å²) >= 11 is 2.44. The molecule has 2 nitrogen and oxygen atoms in total. The van der Waals surface area contributed by atoms with Crippen molar-refractivity contribution in [3.63, 3.8) is 0 Å². The highest BCUT2D eigenvalue weighted by Gasteiger charge is 2.16. The van der Waals surface area contributed by atoms with E-state index in [-0.39, 0.29) is 14.9 Å². The molecule has 0 saturated carbocycles. The Morgan fingerprint density at radius 2 is 1.43 bits per heavy atom. The Kier molecular flexibility index (Phi) is 7.69. The molecule has 0 radical (unpaired) electrons. The molecule has 1 aromatic carbocycles. The second kappa shape index (κ2) is 8.59. The second-order valence-corrected chi connectivity index (χ2v) is 11.0. The Balaban J connectivity index is 2.63. The SMILES string of the molecule is CCC(C)(C)CCCc1cc(O)c(CCCC(C)(C)I)c(O)c1. The quantitative estimate of drug-likeness (QED) is 0.351. The van der Waals surface area contributed by atoms with Crippen LogP contribution in [0.3, 0.4) is 0 Å². The molecule has 1 aromatic rings. The highest BCUT2D eigenvalue weighted by molar-refractivity contribution is 14.1. The van der Waals surface area contributed by atoms with Crippen LogP contribution in [0, 0.1) is 5.41 Å². The molecule has 0 aliphatic rings. The Hall–Kier alpha value is -0.450. The van der Waals surface area contributed by atoms with Gasteiger partial charge >= 0.3 is 0 Å². The van der Waals surface area contributed by atoms with Crippen molar-refractivity contribution >= 4 is 22.6 Å². The van der Waals surface area contributed by atoms with Crippen LogP contribution in [-0.2, 0) is 12.8 Å². The van der Waals surface area contributed by atoms with Crippen LogP contribution in [-0.4, -0.2) is 13.6 Å². The normalized spacial score (nSPS) is 12.6. The summed E-state index contributed by atoms with van der Waals surface area (Å²) in [6.07, 6.45) is 7.11. The third-order valence-corrected chi connectivity index (χ3v) is 5.28. The molecule has 0 spiro atoms. The number of phenols is 2. The van der Waals surface area contributed by atoms with Crippen LogP contribution < -0.4 is 0 Å². The van der Waals surface area contributed by atoms with Crippen LogP contribution in [0.15, 0.2) is 12.1 Å². The fraction of sp³-hybridized carbons (Fsp3) is 0.700. The molecule has 132 valence electrons. The predicted octanol–water partition coefficient (Wildman–Crippen LogP) is 6.39. The number of halogens is 1. The number of rotatable bonds is 9. The topological polar surface area (TPSA) is 40.5 Å². The minimum Gasteiger partial charge on any atom is -0.508 e. The van der Waals surface area contributed by atoms with Crippen LogP contribution in [0.2, 0.25) is 0 Å². The maximum absolute atomic E-state index is 10.2. The van der Waals surface area contributed by atoms with E-state index in [0.717, 1.165) is 44.1 Å². The monoisotopic (exact) mass is 432 g/mol. The summed E-state index contributed by atoms with van der Waals surface area (Å²) in [5.74, 6) is 0.502. The van der Waals surface area contributed by atoms with Gasteiger partial charge in [-0.05, 0) is 61.6 Å². The summed E-state index contributed by atoms with van der Waals surface area (Å²) in [6.45, 7) is 11.2. The van der Waals surface area contributed by atoms with Gasteiger partial charge < -0.3 is 10.2 Å². The largest absolute Gasteiger partial charge is 0.508 e. The second-order valence-electron chi connectivity index (χ2n) is 8.06. The van der Waals surface area contributed by atoms with Crippen molar-refractivity contribution in [1.29, 1.82) is 0 Å². The van der Waals surface area contributed by atoms with Gasteiger partial charge in [-0.25, -0.2) is 0 Å². The molecule has 1 rings (SSSR count). The van der Waals surface area contributed by atoms with Crippen molar-refractivity contribution in [2.24, 2.45) is 5.41 Å². The zero-order valence-corrected chi connectivity index (χ0v) is 17.5. The molecule has 3 heteroatoms. The van der Waals surface area contributed by atoms with Crippen LogP contribution in [0.25, 0.3) is 0 Å². The summed E-state index contributed by atoms with van der Waals surface area (Å²) < 4.78 is 0.259. The minimum atomic E-state index is 0.251. The van der Waals surface area contributed by atoms with Crippen LogP contribution in [0.1, 0.15) is 77.8 Å². The fourth-order valence-electron chi connectivity index (χ4n) is 2.73. The Bertz CT molecular complexity index is 478. The maximum atomic E-state index is 10.2. The summed E-state index contributed by atoms with van der Waals surface area (Å²) in [7, 11) is 0. The summed E-state index contributed by atoms with van der Waals surface area (Å²) in [4.78, 5) is 0. The summed E-state index contributed by atoms with van der Waals surface area (Å²) in [5, 5.41) is 20.5. The van der Waals surface area contributed by atoms with E-state index < -0.39 is 0 Å². The Morgan fingerprint density at radius 1 is 0.913 bits per heavy atom.